The average molecular weight is 228 g/mol. The van der Waals surface area contributed by atoms with Gasteiger partial charge in [0.1, 0.15) is 5.41 Å². The van der Waals surface area contributed by atoms with Crippen LogP contribution in [-0.2, 0) is 14.3 Å². The van der Waals surface area contributed by atoms with Crippen LogP contribution in [0.5, 0.6) is 0 Å². The van der Waals surface area contributed by atoms with Crippen LogP contribution in [0.2, 0.25) is 0 Å². The molecule has 0 bridgehead atoms. The first kappa shape index (κ1) is 11.9. The summed E-state index contributed by atoms with van der Waals surface area (Å²) >= 11 is 0. The molecule has 1 heterocycles. The molecule has 4 heteroatoms. The zero-order chi connectivity index (χ0) is 11.6. The van der Waals surface area contributed by atoms with Gasteiger partial charge in [-0.05, 0) is 25.7 Å². The minimum absolute atomic E-state index is 0.264. The topological polar surface area (TPSA) is 55.8 Å². The van der Waals surface area contributed by atoms with Gasteiger partial charge in [0, 0.05) is 13.2 Å². The molecule has 1 saturated carbocycles. The molecule has 0 aromatic carbocycles. The Morgan fingerprint density at radius 1 is 1.19 bits per heavy atom. The van der Waals surface area contributed by atoms with Crippen LogP contribution in [0.3, 0.4) is 0 Å². The fourth-order valence-corrected chi connectivity index (χ4v) is 3.21. The molecule has 0 atom stereocenters. The third-order valence-electron chi connectivity index (χ3n) is 4.24. The molecule has 0 radical (unpaired) electrons. The quantitative estimate of drug-likeness (QED) is 0.723. The van der Waals surface area contributed by atoms with Crippen molar-refractivity contribution in [1.29, 1.82) is 0 Å². The largest absolute Gasteiger partial charge is 0.469 e. The lowest BCUT2D eigenvalue weighted by atomic mass is 9.65. The molecule has 0 aromatic rings. The number of methoxy groups -OCH3 is 1. The Labute approximate surface area is 95.9 Å². The average Bonchev–Trinajstić information content (AvgIpc) is 2.77. The lowest BCUT2D eigenvalue weighted by Gasteiger charge is -2.45. The molecular formula is C12H20O4. The van der Waals surface area contributed by atoms with Crippen molar-refractivity contribution >= 4 is 5.97 Å². The van der Waals surface area contributed by atoms with Crippen molar-refractivity contribution in [2.45, 2.75) is 44.1 Å². The zero-order valence-electron chi connectivity index (χ0n) is 9.83. The number of rotatable bonds is 2. The van der Waals surface area contributed by atoms with Crippen LogP contribution in [0, 0.1) is 5.41 Å². The molecule has 2 rings (SSSR count). The molecular weight excluding hydrogens is 208 g/mol. The zero-order valence-corrected chi connectivity index (χ0v) is 9.83. The molecule has 1 aliphatic heterocycles. The number of hydrogen-bond acceptors (Lipinski definition) is 4. The molecule has 4 nitrogen and oxygen atoms in total. The van der Waals surface area contributed by atoms with E-state index < -0.39 is 11.0 Å². The Balaban J connectivity index is 2.28. The van der Waals surface area contributed by atoms with E-state index in [4.69, 9.17) is 9.47 Å². The summed E-state index contributed by atoms with van der Waals surface area (Å²) in [5, 5.41) is 10.7. The minimum Gasteiger partial charge on any atom is -0.469 e. The fourth-order valence-electron chi connectivity index (χ4n) is 3.21. The third-order valence-corrected chi connectivity index (χ3v) is 4.24. The van der Waals surface area contributed by atoms with E-state index in [1.165, 1.54) is 7.11 Å². The molecule has 92 valence electrons. The molecule has 1 N–H and O–H groups in total. The first-order valence-corrected chi connectivity index (χ1v) is 6.03. The van der Waals surface area contributed by atoms with Crippen LogP contribution in [0.25, 0.3) is 0 Å². The van der Waals surface area contributed by atoms with Crippen LogP contribution >= 0.6 is 0 Å². The molecule has 0 amide bonds. The second-order valence-electron chi connectivity index (χ2n) is 4.92. The van der Waals surface area contributed by atoms with Gasteiger partial charge >= 0.3 is 5.97 Å². The van der Waals surface area contributed by atoms with Crippen LogP contribution in [0.15, 0.2) is 0 Å². The number of carbonyl (C=O) groups is 1. The molecule has 0 unspecified atom stereocenters. The normalized spacial score (nSPS) is 27.6. The van der Waals surface area contributed by atoms with Crippen molar-refractivity contribution in [2.24, 2.45) is 5.41 Å². The van der Waals surface area contributed by atoms with E-state index in [0.717, 1.165) is 12.8 Å². The van der Waals surface area contributed by atoms with Crippen LogP contribution in [-0.4, -0.2) is 37.0 Å². The molecule has 2 aliphatic rings. The Kier molecular flexibility index (Phi) is 3.22. The summed E-state index contributed by atoms with van der Waals surface area (Å²) in [5.74, 6) is -0.264. The van der Waals surface area contributed by atoms with Crippen molar-refractivity contribution in [2.75, 3.05) is 20.3 Å². The van der Waals surface area contributed by atoms with Gasteiger partial charge in [0.05, 0.1) is 12.7 Å². The summed E-state index contributed by atoms with van der Waals surface area (Å²) in [7, 11) is 1.40. The maximum absolute atomic E-state index is 12.0. The Morgan fingerprint density at radius 3 is 2.25 bits per heavy atom. The lowest BCUT2D eigenvalue weighted by molar-refractivity contribution is -0.186. The molecule has 1 aliphatic carbocycles. The van der Waals surface area contributed by atoms with Gasteiger partial charge < -0.3 is 14.6 Å². The lowest BCUT2D eigenvalue weighted by Crippen LogP contribution is -2.55. The van der Waals surface area contributed by atoms with E-state index in [1.807, 2.05) is 0 Å². The van der Waals surface area contributed by atoms with Gasteiger partial charge in [-0.2, -0.15) is 0 Å². The predicted molar refractivity (Wildman–Crippen MR) is 57.9 cm³/mol. The van der Waals surface area contributed by atoms with Crippen molar-refractivity contribution < 1.29 is 19.4 Å². The molecule has 16 heavy (non-hydrogen) atoms. The Morgan fingerprint density at radius 2 is 1.75 bits per heavy atom. The fraction of sp³-hybridized carbons (Fsp3) is 0.917. The van der Waals surface area contributed by atoms with E-state index >= 15 is 0 Å². The summed E-state index contributed by atoms with van der Waals surface area (Å²) in [5.41, 5.74) is -1.60. The Bertz CT molecular complexity index is 262. The van der Waals surface area contributed by atoms with Crippen molar-refractivity contribution in [1.82, 2.24) is 0 Å². The number of aliphatic hydroxyl groups is 1. The van der Waals surface area contributed by atoms with Gasteiger partial charge in [0.25, 0.3) is 0 Å². The van der Waals surface area contributed by atoms with Gasteiger partial charge in [-0.3, -0.25) is 4.79 Å². The van der Waals surface area contributed by atoms with E-state index in [1.54, 1.807) is 0 Å². The van der Waals surface area contributed by atoms with Gasteiger partial charge in [-0.1, -0.05) is 12.8 Å². The molecule has 2 fully saturated rings. The summed E-state index contributed by atoms with van der Waals surface area (Å²) in [6, 6.07) is 0. The summed E-state index contributed by atoms with van der Waals surface area (Å²) in [4.78, 5) is 12.0. The smallest absolute Gasteiger partial charge is 0.314 e. The summed E-state index contributed by atoms with van der Waals surface area (Å²) in [6.45, 7) is 1.08. The molecule has 0 spiro atoms. The van der Waals surface area contributed by atoms with Gasteiger partial charge in [0.15, 0.2) is 0 Å². The van der Waals surface area contributed by atoms with E-state index in [-0.39, 0.29) is 5.97 Å². The SMILES string of the molecule is COC(=O)C1(C2(O)CCCC2)CCOCC1. The van der Waals surface area contributed by atoms with Crippen LogP contribution < -0.4 is 0 Å². The minimum atomic E-state index is -0.871. The van der Waals surface area contributed by atoms with Crippen LogP contribution in [0.4, 0.5) is 0 Å². The van der Waals surface area contributed by atoms with E-state index in [0.29, 0.717) is 38.9 Å². The van der Waals surface area contributed by atoms with Crippen molar-refractivity contribution in [3.63, 3.8) is 0 Å². The van der Waals surface area contributed by atoms with Crippen LogP contribution in [0.1, 0.15) is 38.5 Å². The molecule has 0 aromatic heterocycles. The highest BCUT2D eigenvalue weighted by Gasteiger charge is 2.57. The van der Waals surface area contributed by atoms with Crippen molar-refractivity contribution in [3.05, 3.63) is 0 Å². The predicted octanol–water partition coefficient (Wildman–Crippen LogP) is 1.26. The standard InChI is InChI=1S/C12H20O4/c1-15-10(13)11(6-8-16-9-7-11)12(14)4-2-3-5-12/h14H,2-9H2,1H3. The highest BCUT2D eigenvalue weighted by Crippen LogP contribution is 2.50. The Hall–Kier alpha value is -0.610. The van der Waals surface area contributed by atoms with Gasteiger partial charge in [-0.15, -0.1) is 0 Å². The third kappa shape index (κ3) is 1.64. The highest BCUT2D eigenvalue weighted by molar-refractivity contribution is 5.78. The van der Waals surface area contributed by atoms with E-state index in [9.17, 15) is 9.90 Å². The van der Waals surface area contributed by atoms with E-state index in [2.05, 4.69) is 0 Å². The second-order valence-corrected chi connectivity index (χ2v) is 4.92. The number of ether oxygens (including phenoxy) is 2. The first-order valence-electron chi connectivity index (χ1n) is 6.03. The van der Waals surface area contributed by atoms with Gasteiger partial charge in [-0.25, -0.2) is 0 Å². The number of esters is 1. The maximum Gasteiger partial charge on any atom is 0.314 e. The number of carbonyl (C=O) groups excluding carboxylic acids is 1. The second kappa shape index (κ2) is 4.34. The first-order chi connectivity index (χ1) is 7.65. The molecule has 1 saturated heterocycles. The maximum atomic E-state index is 12.0. The van der Waals surface area contributed by atoms with Gasteiger partial charge in [0.2, 0.25) is 0 Å². The number of hydrogen-bond donors (Lipinski definition) is 1. The monoisotopic (exact) mass is 228 g/mol. The summed E-state index contributed by atoms with van der Waals surface area (Å²) in [6.07, 6.45) is 4.57. The van der Waals surface area contributed by atoms with Crippen molar-refractivity contribution in [3.8, 4) is 0 Å². The summed E-state index contributed by atoms with van der Waals surface area (Å²) < 4.78 is 10.2. The highest BCUT2D eigenvalue weighted by atomic mass is 16.5.